The van der Waals surface area contributed by atoms with Gasteiger partial charge in [-0.3, -0.25) is 5.10 Å². The van der Waals surface area contributed by atoms with Crippen LogP contribution in [0.25, 0.3) is 44.3 Å². The van der Waals surface area contributed by atoms with Crippen LogP contribution in [0, 0.1) is 29.9 Å². The Morgan fingerprint density at radius 3 is 2.69 bits per heavy atom. The molecular weight excluding hydrogens is 464 g/mol. The van der Waals surface area contributed by atoms with Gasteiger partial charge in [-0.2, -0.15) is 10.4 Å². The number of halogens is 2. The van der Waals surface area contributed by atoms with Crippen molar-refractivity contribution >= 4 is 27.7 Å². The Balaban J connectivity index is 1.66. The zero-order valence-electron chi connectivity index (χ0n) is 19.3. The first-order chi connectivity index (χ1) is 17.4. The van der Waals surface area contributed by atoms with E-state index in [1.165, 1.54) is 18.2 Å². The number of nitrogens with one attached hydrogen (secondary N) is 1. The topological polar surface area (TPSA) is 121 Å². The Labute approximate surface area is 204 Å². The number of aryl methyl sites for hydroxylation is 1. The molecule has 1 aliphatic heterocycles. The molecule has 180 valence electrons. The van der Waals surface area contributed by atoms with Crippen molar-refractivity contribution < 1.29 is 13.3 Å². The van der Waals surface area contributed by atoms with Crippen LogP contribution in [0.5, 0.6) is 0 Å². The average Bonchev–Trinajstić information content (AvgIpc) is 3.50. The van der Waals surface area contributed by atoms with Gasteiger partial charge in [-0.1, -0.05) is 11.2 Å². The van der Waals surface area contributed by atoms with E-state index in [1.807, 2.05) is 6.07 Å². The Bertz CT molecular complexity index is 1680. The maximum absolute atomic E-state index is 15.6. The summed E-state index contributed by atoms with van der Waals surface area (Å²) < 4.78 is 35.7. The minimum absolute atomic E-state index is 0.0836. The molecule has 3 N–H and O–H groups in total. The summed E-state index contributed by atoms with van der Waals surface area (Å²) in [6.07, 6.45) is 3.22. The number of benzene rings is 2. The van der Waals surface area contributed by atoms with Crippen LogP contribution in [0.1, 0.15) is 24.1 Å². The molecule has 2 aromatic carbocycles. The van der Waals surface area contributed by atoms with Crippen molar-refractivity contribution in [2.45, 2.75) is 25.8 Å². The van der Waals surface area contributed by atoms with Crippen molar-refractivity contribution in [1.29, 1.82) is 5.26 Å². The van der Waals surface area contributed by atoms with Crippen molar-refractivity contribution in [3.05, 3.63) is 59.4 Å². The third-order valence-electron chi connectivity index (χ3n) is 6.80. The average molecular weight is 485 g/mol. The summed E-state index contributed by atoms with van der Waals surface area (Å²) in [5.41, 5.74) is 9.11. The SMILES string of the molecule is Cc1noc2cc(-c3c(-c4ccc(C#N)c(F)c4)nc(N4CCC(N)CC4)c4[nH]ncc34)c(F)cc12. The summed E-state index contributed by atoms with van der Waals surface area (Å²) in [5, 5.41) is 21.6. The maximum Gasteiger partial charge on any atom is 0.167 e. The van der Waals surface area contributed by atoms with E-state index in [0.29, 0.717) is 63.3 Å². The molecule has 8 nitrogen and oxygen atoms in total. The molecule has 0 amide bonds. The van der Waals surface area contributed by atoms with Gasteiger partial charge in [-0.15, -0.1) is 0 Å². The van der Waals surface area contributed by atoms with Gasteiger partial charge in [0.2, 0.25) is 0 Å². The Morgan fingerprint density at radius 1 is 1.14 bits per heavy atom. The lowest BCUT2D eigenvalue weighted by atomic mass is 9.94. The number of H-pyrrole nitrogens is 1. The number of anilines is 1. The Hall–Kier alpha value is -4.36. The van der Waals surface area contributed by atoms with E-state index in [0.717, 1.165) is 12.8 Å². The van der Waals surface area contributed by atoms with Gasteiger partial charge in [0, 0.05) is 46.6 Å². The molecule has 0 spiro atoms. The summed E-state index contributed by atoms with van der Waals surface area (Å²) in [5.74, 6) is -0.539. The van der Waals surface area contributed by atoms with E-state index in [1.54, 1.807) is 25.3 Å². The zero-order chi connectivity index (χ0) is 25.0. The van der Waals surface area contributed by atoms with E-state index >= 15 is 4.39 Å². The van der Waals surface area contributed by atoms with Gasteiger partial charge < -0.3 is 15.2 Å². The second-order valence-electron chi connectivity index (χ2n) is 9.04. The summed E-state index contributed by atoms with van der Waals surface area (Å²) in [6.45, 7) is 3.13. The lowest BCUT2D eigenvalue weighted by molar-refractivity contribution is 0.450. The number of aromatic nitrogens is 4. The predicted molar refractivity (Wildman–Crippen MR) is 131 cm³/mol. The van der Waals surface area contributed by atoms with Gasteiger partial charge >= 0.3 is 0 Å². The molecule has 1 fully saturated rings. The lowest BCUT2D eigenvalue weighted by Crippen LogP contribution is -2.40. The smallest absolute Gasteiger partial charge is 0.167 e. The molecule has 10 heteroatoms. The second-order valence-corrected chi connectivity index (χ2v) is 9.04. The first-order valence-electron chi connectivity index (χ1n) is 11.6. The van der Waals surface area contributed by atoms with Crippen LogP contribution in [0.2, 0.25) is 0 Å². The van der Waals surface area contributed by atoms with E-state index < -0.39 is 11.6 Å². The van der Waals surface area contributed by atoms with Crippen molar-refractivity contribution in [1.82, 2.24) is 20.3 Å². The van der Waals surface area contributed by atoms with E-state index in [4.69, 9.17) is 15.2 Å². The Kier molecular flexibility index (Phi) is 5.16. The largest absolute Gasteiger partial charge is 0.356 e. The molecule has 0 radical (unpaired) electrons. The van der Waals surface area contributed by atoms with Crippen LogP contribution in [0.15, 0.2) is 41.1 Å². The van der Waals surface area contributed by atoms with Gasteiger partial charge in [0.15, 0.2) is 11.4 Å². The highest BCUT2D eigenvalue weighted by atomic mass is 19.1. The van der Waals surface area contributed by atoms with Crippen molar-refractivity contribution in [2.24, 2.45) is 5.73 Å². The first kappa shape index (κ1) is 22.1. The van der Waals surface area contributed by atoms with Gasteiger partial charge in [0.1, 0.15) is 23.2 Å². The third-order valence-corrected chi connectivity index (χ3v) is 6.80. The van der Waals surface area contributed by atoms with E-state index in [9.17, 15) is 9.65 Å². The fraction of sp³-hybridized carbons (Fsp3) is 0.231. The predicted octanol–water partition coefficient (Wildman–Crippen LogP) is 4.82. The van der Waals surface area contributed by atoms with Crippen molar-refractivity contribution in [3.8, 4) is 28.5 Å². The quantitative estimate of drug-likeness (QED) is 0.376. The fourth-order valence-corrected chi connectivity index (χ4v) is 4.84. The number of pyridine rings is 1. The number of piperidine rings is 1. The zero-order valence-corrected chi connectivity index (χ0v) is 19.3. The van der Waals surface area contributed by atoms with Gasteiger partial charge in [-0.05, 0) is 44.0 Å². The van der Waals surface area contributed by atoms with Gasteiger partial charge in [-0.25, -0.2) is 13.8 Å². The van der Waals surface area contributed by atoms with Crippen molar-refractivity contribution in [2.75, 3.05) is 18.0 Å². The van der Waals surface area contributed by atoms with Gasteiger partial charge in [0.05, 0.1) is 23.1 Å². The first-order valence-corrected chi connectivity index (χ1v) is 11.6. The summed E-state index contributed by atoms with van der Waals surface area (Å²) in [7, 11) is 0. The number of hydrogen-bond acceptors (Lipinski definition) is 7. The number of rotatable bonds is 3. The molecule has 0 aliphatic carbocycles. The number of hydrogen-bond donors (Lipinski definition) is 2. The number of nitrogens with zero attached hydrogens (tertiary/aromatic N) is 5. The minimum atomic E-state index is -0.678. The summed E-state index contributed by atoms with van der Waals surface area (Å²) >= 11 is 0. The number of fused-ring (bicyclic) bond motifs is 2. The molecule has 36 heavy (non-hydrogen) atoms. The number of nitriles is 1. The van der Waals surface area contributed by atoms with E-state index in [-0.39, 0.29) is 17.2 Å². The number of aromatic amines is 1. The highest BCUT2D eigenvalue weighted by Crippen LogP contribution is 2.42. The highest BCUT2D eigenvalue weighted by molar-refractivity contribution is 6.06. The molecule has 4 heterocycles. The van der Waals surface area contributed by atoms with Crippen LogP contribution in [0.4, 0.5) is 14.6 Å². The van der Waals surface area contributed by atoms with E-state index in [2.05, 4.69) is 20.3 Å². The molecule has 1 aliphatic rings. The molecule has 6 rings (SSSR count). The van der Waals surface area contributed by atoms with Crippen LogP contribution in [-0.4, -0.2) is 39.5 Å². The molecule has 1 saturated heterocycles. The lowest BCUT2D eigenvalue weighted by Gasteiger charge is -2.32. The standard InChI is InChI=1S/C26H21F2N7O/c1-13-17-9-21(28)18(10-22(17)36-34-13)23-19-12-31-33-25(19)26(35-6-4-16(30)5-7-35)32-24(23)14-2-3-15(11-29)20(27)8-14/h2-3,8-10,12,16H,4-7,30H2,1H3,(H,31,33). The normalized spacial score (nSPS) is 14.6. The van der Waals surface area contributed by atoms with Gasteiger partial charge in [0.25, 0.3) is 0 Å². The van der Waals surface area contributed by atoms with Crippen LogP contribution < -0.4 is 10.6 Å². The summed E-state index contributed by atoms with van der Waals surface area (Å²) in [6, 6.07) is 9.18. The fourth-order valence-electron chi connectivity index (χ4n) is 4.84. The molecule has 5 aromatic rings. The summed E-state index contributed by atoms with van der Waals surface area (Å²) in [4.78, 5) is 7.05. The van der Waals surface area contributed by atoms with Crippen LogP contribution >= 0.6 is 0 Å². The van der Waals surface area contributed by atoms with Crippen LogP contribution in [-0.2, 0) is 0 Å². The minimum Gasteiger partial charge on any atom is -0.356 e. The molecule has 0 atom stereocenters. The highest BCUT2D eigenvalue weighted by Gasteiger charge is 2.26. The monoisotopic (exact) mass is 485 g/mol. The maximum atomic E-state index is 15.6. The molecule has 3 aromatic heterocycles. The molecule has 0 unspecified atom stereocenters. The molecular formula is C26H21F2N7O. The number of nitrogens with two attached hydrogens (primary N) is 1. The third kappa shape index (κ3) is 3.48. The Morgan fingerprint density at radius 2 is 1.94 bits per heavy atom. The van der Waals surface area contributed by atoms with Crippen LogP contribution in [0.3, 0.4) is 0 Å². The molecule has 0 saturated carbocycles. The second kappa shape index (κ2) is 8.39. The van der Waals surface area contributed by atoms with Crippen molar-refractivity contribution in [3.63, 3.8) is 0 Å². The molecule has 0 bridgehead atoms.